The Morgan fingerprint density at radius 3 is 2.60 bits per heavy atom. The topological polar surface area (TPSA) is 58.2 Å². The summed E-state index contributed by atoms with van der Waals surface area (Å²) in [6.07, 6.45) is -4.05. The third-order valence-electron chi connectivity index (χ3n) is 3.26. The van der Waals surface area contributed by atoms with E-state index in [1.54, 1.807) is 0 Å². The first-order valence-electron chi connectivity index (χ1n) is 6.10. The number of sulfonamides is 1. The lowest BCUT2D eigenvalue weighted by Gasteiger charge is -2.15. The smallest absolute Gasteiger partial charge is 0.315 e. The number of rotatable bonds is 3. The summed E-state index contributed by atoms with van der Waals surface area (Å²) < 4.78 is 64.6. The third-order valence-corrected chi connectivity index (χ3v) is 5.06. The van der Waals surface area contributed by atoms with Crippen LogP contribution >= 0.6 is 0 Å². The Kier molecular flexibility index (Phi) is 3.97. The van der Waals surface area contributed by atoms with Crippen LogP contribution in [0.2, 0.25) is 0 Å². The second kappa shape index (κ2) is 5.25. The molecular weight excluding hydrogens is 293 g/mol. The van der Waals surface area contributed by atoms with Crippen molar-refractivity contribution in [3.63, 3.8) is 0 Å². The minimum absolute atomic E-state index is 0.0583. The summed E-state index contributed by atoms with van der Waals surface area (Å²) in [7, 11) is -3.67. The highest BCUT2D eigenvalue weighted by Crippen LogP contribution is 2.33. The molecule has 1 aliphatic rings. The molecule has 1 aliphatic heterocycles. The number of benzene rings is 1. The summed E-state index contributed by atoms with van der Waals surface area (Å²) in [6.45, 7) is 2.24. The van der Waals surface area contributed by atoms with Crippen molar-refractivity contribution in [2.75, 3.05) is 17.8 Å². The first kappa shape index (κ1) is 15.1. The zero-order valence-corrected chi connectivity index (χ0v) is 11.6. The quantitative estimate of drug-likeness (QED) is 0.899. The minimum Gasteiger partial charge on any atom is -0.315 e. The highest BCUT2D eigenvalue weighted by atomic mass is 32.2. The molecule has 0 radical (unpaired) electrons. The average molecular weight is 308 g/mol. The van der Waals surface area contributed by atoms with E-state index in [0.717, 1.165) is 6.07 Å². The van der Waals surface area contributed by atoms with Gasteiger partial charge in [0.15, 0.2) is 0 Å². The van der Waals surface area contributed by atoms with Gasteiger partial charge >= 0.3 is 6.18 Å². The molecule has 2 rings (SSSR count). The van der Waals surface area contributed by atoms with E-state index in [2.05, 4.69) is 10.0 Å². The van der Waals surface area contributed by atoms with Crippen LogP contribution in [0, 0.1) is 6.92 Å². The van der Waals surface area contributed by atoms with Crippen LogP contribution in [-0.2, 0) is 16.2 Å². The summed E-state index contributed by atoms with van der Waals surface area (Å²) in [5, 5.41) is 2.30. The number of nitrogens with one attached hydrogen (secondary N) is 2. The van der Waals surface area contributed by atoms with Gasteiger partial charge in [0.2, 0.25) is 10.0 Å². The second-order valence-corrected chi connectivity index (χ2v) is 6.75. The van der Waals surface area contributed by atoms with E-state index in [4.69, 9.17) is 0 Å². The van der Waals surface area contributed by atoms with E-state index in [-0.39, 0.29) is 11.3 Å². The van der Waals surface area contributed by atoms with E-state index in [0.29, 0.717) is 19.5 Å². The fourth-order valence-electron chi connectivity index (χ4n) is 2.13. The van der Waals surface area contributed by atoms with Gasteiger partial charge in [-0.25, -0.2) is 8.42 Å². The van der Waals surface area contributed by atoms with Gasteiger partial charge in [0, 0.05) is 12.2 Å². The molecular formula is C12H15F3N2O2S. The lowest BCUT2D eigenvalue weighted by atomic mass is 10.1. The van der Waals surface area contributed by atoms with Gasteiger partial charge in [-0.1, -0.05) is 6.07 Å². The molecule has 0 aromatic heterocycles. The van der Waals surface area contributed by atoms with Crippen LogP contribution in [0.5, 0.6) is 0 Å². The predicted octanol–water partition coefficient (Wildman–Crippen LogP) is 2.12. The summed E-state index contributed by atoms with van der Waals surface area (Å²) in [4.78, 5) is 0. The molecule has 8 heteroatoms. The monoisotopic (exact) mass is 308 g/mol. The summed E-state index contributed by atoms with van der Waals surface area (Å²) in [6, 6.07) is 3.42. The van der Waals surface area contributed by atoms with Crippen molar-refractivity contribution in [1.29, 1.82) is 0 Å². The van der Waals surface area contributed by atoms with Crippen molar-refractivity contribution in [1.82, 2.24) is 5.32 Å². The molecule has 0 spiro atoms. The van der Waals surface area contributed by atoms with Crippen LogP contribution < -0.4 is 10.0 Å². The molecule has 1 unspecified atom stereocenters. The van der Waals surface area contributed by atoms with Crippen LogP contribution in [0.3, 0.4) is 0 Å². The van der Waals surface area contributed by atoms with Crippen LogP contribution in [0.25, 0.3) is 0 Å². The Balaban J connectivity index is 2.26. The van der Waals surface area contributed by atoms with Crippen molar-refractivity contribution < 1.29 is 21.6 Å². The van der Waals surface area contributed by atoms with Crippen LogP contribution in [0.15, 0.2) is 18.2 Å². The van der Waals surface area contributed by atoms with Crippen LogP contribution in [0.1, 0.15) is 17.5 Å². The first-order valence-corrected chi connectivity index (χ1v) is 7.65. The Morgan fingerprint density at radius 2 is 2.05 bits per heavy atom. The van der Waals surface area contributed by atoms with E-state index < -0.39 is 27.0 Å². The summed E-state index contributed by atoms with van der Waals surface area (Å²) in [5.41, 5.74) is -0.833. The Bertz CT molecular complexity index is 593. The molecule has 1 aromatic carbocycles. The van der Waals surface area contributed by atoms with Crippen molar-refractivity contribution >= 4 is 15.7 Å². The van der Waals surface area contributed by atoms with Gasteiger partial charge in [0.25, 0.3) is 0 Å². The number of anilines is 1. The lowest BCUT2D eigenvalue weighted by Crippen LogP contribution is -2.29. The van der Waals surface area contributed by atoms with E-state index in [9.17, 15) is 21.6 Å². The van der Waals surface area contributed by atoms with Crippen molar-refractivity contribution in [2.24, 2.45) is 0 Å². The number of hydrogen-bond acceptors (Lipinski definition) is 3. The molecule has 2 N–H and O–H groups in total. The van der Waals surface area contributed by atoms with Gasteiger partial charge in [-0.15, -0.1) is 0 Å². The molecule has 0 amide bonds. The maximum atomic E-state index is 12.8. The lowest BCUT2D eigenvalue weighted by molar-refractivity contribution is -0.138. The molecule has 0 bridgehead atoms. The predicted molar refractivity (Wildman–Crippen MR) is 70.0 cm³/mol. The molecule has 0 aliphatic carbocycles. The van der Waals surface area contributed by atoms with E-state index in [1.807, 2.05) is 0 Å². The van der Waals surface area contributed by atoms with E-state index in [1.165, 1.54) is 19.1 Å². The largest absolute Gasteiger partial charge is 0.416 e. The van der Waals surface area contributed by atoms with Gasteiger partial charge in [-0.2, -0.15) is 13.2 Å². The second-order valence-electron chi connectivity index (χ2n) is 4.79. The molecule has 112 valence electrons. The highest BCUT2D eigenvalue weighted by molar-refractivity contribution is 7.93. The minimum atomic E-state index is -4.50. The van der Waals surface area contributed by atoms with Gasteiger partial charge in [-0.05, 0) is 37.6 Å². The average Bonchev–Trinajstić information content (AvgIpc) is 2.84. The number of aryl methyl sites for hydroxylation is 1. The van der Waals surface area contributed by atoms with Gasteiger partial charge in [0.05, 0.1) is 10.8 Å². The number of alkyl halides is 3. The molecule has 1 atom stereocenters. The van der Waals surface area contributed by atoms with Crippen molar-refractivity contribution in [2.45, 2.75) is 24.8 Å². The Labute approximate surface area is 115 Å². The molecule has 1 aromatic rings. The van der Waals surface area contributed by atoms with Crippen LogP contribution in [-0.4, -0.2) is 26.8 Å². The van der Waals surface area contributed by atoms with Gasteiger partial charge in [0.1, 0.15) is 0 Å². The third kappa shape index (κ3) is 3.24. The molecule has 0 saturated carbocycles. The fraction of sp³-hybridized carbons (Fsp3) is 0.500. The van der Waals surface area contributed by atoms with Gasteiger partial charge in [-0.3, -0.25) is 4.72 Å². The molecule has 20 heavy (non-hydrogen) atoms. The standard InChI is InChI=1S/C12H15F3N2O2S/c1-8-2-3-9(6-11(8)12(13,14)15)17-20(18,19)10-4-5-16-7-10/h2-3,6,10,16-17H,4-5,7H2,1H3. The maximum Gasteiger partial charge on any atom is 0.416 e. The van der Waals surface area contributed by atoms with Crippen LogP contribution in [0.4, 0.5) is 18.9 Å². The molecule has 1 fully saturated rings. The van der Waals surface area contributed by atoms with Gasteiger partial charge < -0.3 is 5.32 Å². The van der Waals surface area contributed by atoms with Crippen molar-refractivity contribution in [3.8, 4) is 0 Å². The molecule has 1 saturated heterocycles. The molecule has 4 nitrogen and oxygen atoms in total. The fourth-order valence-corrected chi connectivity index (χ4v) is 3.52. The summed E-state index contributed by atoms with van der Waals surface area (Å²) in [5.74, 6) is 0. The first-order chi connectivity index (χ1) is 9.20. The summed E-state index contributed by atoms with van der Waals surface area (Å²) >= 11 is 0. The Morgan fingerprint density at radius 1 is 1.35 bits per heavy atom. The van der Waals surface area contributed by atoms with E-state index >= 15 is 0 Å². The SMILES string of the molecule is Cc1ccc(NS(=O)(=O)C2CCNC2)cc1C(F)(F)F. The normalized spacial score (nSPS) is 20.1. The number of hydrogen-bond donors (Lipinski definition) is 2. The highest BCUT2D eigenvalue weighted by Gasteiger charge is 2.33. The Hall–Kier alpha value is -1.28. The zero-order valence-electron chi connectivity index (χ0n) is 10.8. The molecule has 1 heterocycles. The van der Waals surface area contributed by atoms with Crippen molar-refractivity contribution in [3.05, 3.63) is 29.3 Å². The zero-order chi connectivity index (χ0) is 15.0. The maximum absolute atomic E-state index is 12.8. The number of halogens is 3.